The zero-order chi connectivity index (χ0) is 10.9. The van der Waals surface area contributed by atoms with Crippen molar-refractivity contribution in [2.45, 2.75) is 17.4 Å². The van der Waals surface area contributed by atoms with E-state index in [1.807, 2.05) is 31.2 Å². The molecule has 1 aromatic carbocycles. The summed E-state index contributed by atoms with van der Waals surface area (Å²) in [6.45, 7) is 6.35. The van der Waals surface area contributed by atoms with Crippen LogP contribution in [0.1, 0.15) is 12.5 Å². The molecule has 1 fully saturated rings. The summed E-state index contributed by atoms with van der Waals surface area (Å²) < 4.78 is 17.3. The van der Waals surface area contributed by atoms with E-state index in [-0.39, 0.29) is 5.60 Å². The van der Waals surface area contributed by atoms with Gasteiger partial charge < -0.3 is 4.74 Å². The zero-order valence-corrected chi connectivity index (χ0v) is 9.55. The lowest BCUT2D eigenvalue weighted by Crippen LogP contribution is -2.08. The van der Waals surface area contributed by atoms with E-state index in [0.29, 0.717) is 5.75 Å². The molecule has 3 heteroatoms. The van der Waals surface area contributed by atoms with Crippen molar-refractivity contribution in [1.82, 2.24) is 0 Å². The van der Waals surface area contributed by atoms with Gasteiger partial charge in [0.15, 0.2) is 0 Å². The van der Waals surface area contributed by atoms with Crippen molar-refractivity contribution in [3.63, 3.8) is 0 Å². The van der Waals surface area contributed by atoms with Crippen LogP contribution >= 0.6 is 0 Å². The molecule has 0 radical (unpaired) electrons. The van der Waals surface area contributed by atoms with E-state index in [4.69, 9.17) is 4.74 Å². The molecule has 0 bridgehead atoms. The van der Waals surface area contributed by atoms with E-state index >= 15 is 0 Å². The summed E-state index contributed by atoms with van der Waals surface area (Å²) in [7, 11) is -1.000. The van der Waals surface area contributed by atoms with Gasteiger partial charge in [0.25, 0.3) is 0 Å². The fourth-order valence-electron chi connectivity index (χ4n) is 1.56. The summed E-state index contributed by atoms with van der Waals surface area (Å²) >= 11 is 0. The van der Waals surface area contributed by atoms with Gasteiger partial charge in [-0.15, -0.1) is 6.58 Å². The molecular formula is C12H14O2S. The van der Waals surface area contributed by atoms with Crippen molar-refractivity contribution >= 4 is 10.8 Å². The monoisotopic (exact) mass is 222 g/mol. The summed E-state index contributed by atoms with van der Waals surface area (Å²) in [5, 5.41) is 0. The molecule has 80 valence electrons. The topological polar surface area (TPSA) is 29.6 Å². The average Bonchev–Trinajstić information content (AvgIpc) is 2.98. The first-order valence-electron chi connectivity index (χ1n) is 4.90. The van der Waals surface area contributed by atoms with Crippen molar-refractivity contribution in [1.29, 1.82) is 0 Å². The van der Waals surface area contributed by atoms with Crippen LogP contribution in [0.15, 0.2) is 41.8 Å². The largest absolute Gasteiger partial charge is 0.365 e. The summed E-state index contributed by atoms with van der Waals surface area (Å²) in [6.07, 6.45) is 1.68. The molecule has 0 amide bonds. The first-order chi connectivity index (χ1) is 7.17. The number of hydrogen-bond donors (Lipinski definition) is 0. The Hall–Kier alpha value is -0.930. The Morgan fingerprint density at radius 1 is 1.60 bits per heavy atom. The van der Waals surface area contributed by atoms with Crippen LogP contribution in [0.25, 0.3) is 0 Å². The molecule has 0 saturated carbocycles. The smallest absolute Gasteiger partial charge is 0.115 e. The zero-order valence-electron chi connectivity index (χ0n) is 8.73. The second-order valence-corrected chi connectivity index (χ2v) is 5.28. The van der Waals surface area contributed by atoms with Gasteiger partial charge in [-0.25, -0.2) is 0 Å². The SMILES string of the molecule is C=CCS(=O)c1ccccc1[C@]1(C)CO1. The molecule has 2 atom stereocenters. The lowest BCUT2D eigenvalue weighted by atomic mass is 10.0. The molecule has 1 unspecified atom stereocenters. The van der Waals surface area contributed by atoms with Gasteiger partial charge in [-0.2, -0.15) is 0 Å². The maximum absolute atomic E-state index is 11.9. The summed E-state index contributed by atoms with van der Waals surface area (Å²) in [4.78, 5) is 0.873. The molecule has 2 rings (SSSR count). The third-order valence-electron chi connectivity index (χ3n) is 2.55. The van der Waals surface area contributed by atoms with Gasteiger partial charge in [0, 0.05) is 16.2 Å². The van der Waals surface area contributed by atoms with E-state index in [1.54, 1.807) is 6.08 Å². The van der Waals surface area contributed by atoms with Crippen LogP contribution in [-0.4, -0.2) is 16.6 Å². The lowest BCUT2D eigenvalue weighted by Gasteiger charge is -2.11. The fourth-order valence-corrected chi connectivity index (χ4v) is 2.72. The van der Waals surface area contributed by atoms with Gasteiger partial charge in [0.1, 0.15) is 5.60 Å². The lowest BCUT2D eigenvalue weighted by molar-refractivity contribution is 0.326. The average molecular weight is 222 g/mol. The third kappa shape index (κ3) is 2.03. The minimum absolute atomic E-state index is 0.215. The molecular weight excluding hydrogens is 208 g/mol. The number of rotatable bonds is 4. The van der Waals surface area contributed by atoms with E-state index in [1.165, 1.54) is 0 Å². The molecule has 1 aromatic rings. The van der Waals surface area contributed by atoms with Crippen molar-refractivity contribution in [3.05, 3.63) is 42.5 Å². The van der Waals surface area contributed by atoms with Crippen molar-refractivity contribution in [3.8, 4) is 0 Å². The van der Waals surface area contributed by atoms with Crippen LogP contribution in [0.4, 0.5) is 0 Å². The Labute approximate surface area is 92.4 Å². The quantitative estimate of drug-likeness (QED) is 0.577. The molecule has 1 aliphatic rings. The summed E-state index contributed by atoms with van der Waals surface area (Å²) in [5.74, 6) is 0.493. The number of epoxide rings is 1. The van der Waals surface area contributed by atoms with Crippen molar-refractivity contribution in [2.24, 2.45) is 0 Å². The second kappa shape index (κ2) is 3.91. The first kappa shape index (κ1) is 10.6. The Kier molecular flexibility index (Phi) is 2.76. The summed E-state index contributed by atoms with van der Waals surface area (Å²) in [6, 6.07) is 7.76. The van der Waals surface area contributed by atoms with Crippen molar-refractivity contribution in [2.75, 3.05) is 12.4 Å². The Balaban J connectivity index is 2.38. The number of ether oxygens (including phenoxy) is 1. The Bertz CT molecular complexity index is 408. The van der Waals surface area contributed by atoms with Crippen LogP contribution < -0.4 is 0 Å². The molecule has 1 heterocycles. The molecule has 0 aromatic heterocycles. The van der Waals surface area contributed by atoms with Crippen LogP contribution in [0.2, 0.25) is 0 Å². The van der Waals surface area contributed by atoms with Crippen molar-refractivity contribution < 1.29 is 8.95 Å². The second-order valence-electron chi connectivity index (χ2n) is 3.82. The van der Waals surface area contributed by atoms with Gasteiger partial charge in [0.05, 0.1) is 17.4 Å². The fraction of sp³-hybridized carbons (Fsp3) is 0.333. The van der Waals surface area contributed by atoms with E-state index in [0.717, 1.165) is 17.1 Å². The predicted molar refractivity (Wildman–Crippen MR) is 61.2 cm³/mol. The van der Waals surface area contributed by atoms with E-state index in [2.05, 4.69) is 6.58 Å². The first-order valence-corrected chi connectivity index (χ1v) is 6.22. The molecule has 1 aliphatic heterocycles. The van der Waals surface area contributed by atoms with Gasteiger partial charge >= 0.3 is 0 Å². The van der Waals surface area contributed by atoms with Gasteiger partial charge in [-0.05, 0) is 13.0 Å². The molecule has 1 saturated heterocycles. The third-order valence-corrected chi connectivity index (χ3v) is 3.93. The molecule has 0 spiro atoms. The maximum atomic E-state index is 11.9. The minimum Gasteiger partial charge on any atom is -0.365 e. The highest BCUT2D eigenvalue weighted by Gasteiger charge is 2.43. The predicted octanol–water partition coefficient (Wildman–Crippen LogP) is 2.23. The van der Waals surface area contributed by atoms with Gasteiger partial charge in [-0.3, -0.25) is 4.21 Å². The van der Waals surface area contributed by atoms with Crippen LogP contribution in [0.5, 0.6) is 0 Å². The molecule has 2 nitrogen and oxygen atoms in total. The van der Waals surface area contributed by atoms with Crippen LogP contribution in [-0.2, 0) is 21.1 Å². The normalized spacial score (nSPS) is 25.9. The highest BCUT2D eigenvalue weighted by Crippen LogP contribution is 2.40. The number of benzene rings is 1. The van der Waals surface area contributed by atoms with Gasteiger partial charge in [-0.1, -0.05) is 24.3 Å². The highest BCUT2D eigenvalue weighted by molar-refractivity contribution is 7.85. The highest BCUT2D eigenvalue weighted by atomic mass is 32.2. The van der Waals surface area contributed by atoms with Gasteiger partial charge in [0.2, 0.25) is 0 Å². The number of hydrogen-bond acceptors (Lipinski definition) is 2. The van der Waals surface area contributed by atoms with Crippen LogP contribution in [0.3, 0.4) is 0 Å². The molecule has 0 N–H and O–H groups in total. The Morgan fingerprint density at radius 2 is 2.27 bits per heavy atom. The Morgan fingerprint density at radius 3 is 2.87 bits per heavy atom. The standard InChI is InChI=1S/C12H14O2S/c1-3-8-15(13)11-7-5-4-6-10(11)12(2)9-14-12/h3-7H,1,8-9H2,2H3/t12-,15?/m0/s1. The maximum Gasteiger partial charge on any atom is 0.115 e. The summed E-state index contributed by atoms with van der Waals surface area (Å²) in [5.41, 5.74) is 0.832. The minimum atomic E-state index is -1.000. The van der Waals surface area contributed by atoms with E-state index in [9.17, 15) is 4.21 Å². The molecule has 0 aliphatic carbocycles. The molecule has 15 heavy (non-hydrogen) atoms. The van der Waals surface area contributed by atoms with E-state index < -0.39 is 10.8 Å². The van der Waals surface area contributed by atoms with Crippen LogP contribution in [0, 0.1) is 0 Å².